The van der Waals surface area contributed by atoms with Crippen LogP contribution in [0, 0.1) is 0 Å². The third-order valence-electron chi connectivity index (χ3n) is 2.83. The molecule has 3 heteroatoms. The molecule has 0 amide bonds. The van der Waals surface area contributed by atoms with Gasteiger partial charge in [0.2, 0.25) is 0 Å². The minimum absolute atomic E-state index is 0. The molecule has 0 fully saturated rings. The van der Waals surface area contributed by atoms with E-state index in [-0.39, 0.29) is 52.8 Å². The fraction of sp³-hybridized carbons (Fsp3) is 0.188. The molecule has 0 aliphatic heterocycles. The van der Waals surface area contributed by atoms with Crippen LogP contribution in [0.15, 0.2) is 60.7 Å². The summed E-state index contributed by atoms with van der Waals surface area (Å²) in [6.45, 7) is 2.06. The van der Waals surface area contributed by atoms with Crippen LogP contribution >= 0.6 is 0 Å². The third-order valence-corrected chi connectivity index (χ3v) is 2.83. The molecule has 0 atom stereocenters. The van der Waals surface area contributed by atoms with Crippen molar-refractivity contribution in [2.75, 3.05) is 6.54 Å². The molecule has 0 unspecified atom stereocenters. The maximum Gasteiger partial charge on any atom is 1.00 e. The van der Waals surface area contributed by atoms with Crippen LogP contribution in [0.2, 0.25) is 0 Å². The predicted molar refractivity (Wildman–Crippen MR) is 74.2 cm³/mol. The Morgan fingerprint density at radius 3 is 1.63 bits per heavy atom. The summed E-state index contributed by atoms with van der Waals surface area (Å²) in [6.07, 6.45) is 0.964. The predicted octanol–water partition coefficient (Wildman–Crippen LogP) is 0.00420. The summed E-state index contributed by atoms with van der Waals surface area (Å²) in [6, 6.07) is 20.5. The molecule has 0 N–H and O–H groups in total. The quantitative estimate of drug-likeness (QED) is 0.548. The van der Waals surface area contributed by atoms with Gasteiger partial charge in [0.15, 0.2) is 0 Å². The first-order chi connectivity index (χ1) is 8.88. The Kier molecular flexibility index (Phi) is 8.46. The zero-order valence-corrected chi connectivity index (χ0v) is 14.5. The monoisotopic (exact) mass is 279 g/mol. The van der Waals surface area contributed by atoms with Crippen LogP contribution in [-0.4, -0.2) is 17.7 Å². The van der Waals surface area contributed by atoms with Gasteiger partial charge in [-0.2, -0.15) is 0 Å². The van der Waals surface area contributed by atoms with E-state index < -0.39 is 0 Å². The van der Waals surface area contributed by atoms with Gasteiger partial charge in [0, 0.05) is 13.1 Å². The summed E-state index contributed by atoms with van der Waals surface area (Å²) in [5.41, 5.74) is 2.46. The number of aldehydes is 1. The van der Waals surface area contributed by atoms with Crippen LogP contribution < -0.4 is 51.4 Å². The number of nitrogens with zero attached hydrogens (tertiary/aromatic N) is 1. The van der Waals surface area contributed by atoms with Crippen molar-refractivity contribution in [2.24, 2.45) is 0 Å². The molecule has 0 radical (unpaired) electrons. The van der Waals surface area contributed by atoms with E-state index in [9.17, 15) is 4.79 Å². The molecule has 0 saturated heterocycles. The minimum atomic E-state index is 0. The average Bonchev–Trinajstić information content (AvgIpc) is 2.41. The first-order valence-corrected chi connectivity index (χ1v) is 6.12. The molecule has 2 aromatic carbocycles. The molecular weight excluding hydrogens is 261 g/mol. The Morgan fingerprint density at radius 1 is 0.842 bits per heavy atom. The Hall–Kier alpha value is -0.294. The van der Waals surface area contributed by atoms with Gasteiger partial charge in [0.05, 0.1) is 6.54 Å². The van der Waals surface area contributed by atoms with Crippen molar-refractivity contribution in [1.29, 1.82) is 0 Å². The molecule has 0 spiro atoms. The number of hydrogen-bond acceptors (Lipinski definition) is 2. The normalized spacial score (nSPS) is 9.95. The summed E-state index contributed by atoms with van der Waals surface area (Å²) in [4.78, 5) is 12.9. The van der Waals surface area contributed by atoms with Crippen molar-refractivity contribution in [3.05, 3.63) is 71.8 Å². The number of hydrogen-bond donors (Lipinski definition) is 0. The van der Waals surface area contributed by atoms with Gasteiger partial charge in [-0.25, -0.2) is 0 Å². The first-order valence-electron chi connectivity index (χ1n) is 6.12. The number of carbonyl (C=O) groups is 1. The standard InChI is InChI=1S/C16H17NO.K.H/c18-12-11-17(13-15-7-3-1-4-8-15)14-16-9-5-2-6-10-16;;/h1-10,12H,11,13-14H2;;/q;+1;-1. The second-order valence-corrected chi connectivity index (χ2v) is 4.31. The van der Waals surface area contributed by atoms with Gasteiger partial charge in [-0.1, -0.05) is 60.7 Å². The SMILES string of the molecule is O=CCN(Cc1ccccc1)Cc1ccccc1.[H-].[K+]. The van der Waals surface area contributed by atoms with Crippen LogP contribution in [0.25, 0.3) is 0 Å². The average molecular weight is 279 g/mol. The molecule has 0 bridgehead atoms. The van der Waals surface area contributed by atoms with Gasteiger partial charge in [0.25, 0.3) is 0 Å². The maximum atomic E-state index is 10.8. The second-order valence-electron chi connectivity index (χ2n) is 4.31. The Bertz CT molecular complexity index is 437. The van der Waals surface area contributed by atoms with Crippen molar-refractivity contribution >= 4 is 6.29 Å². The number of benzene rings is 2. The van der Waals surface area contributed by atoms with E-state index in [1.807, 2.05) is 36.4 Å². The van der Waals surface area contributed by atoms with Crippen LogP contribution in [0.5, 0.6) is 0 Å². The summed E-state index contributed by atoms with van der Waals surface area (Å²) >= 11 is 0. The van der Waals surface area contributed by atoms with E-state index in [2.05, 4.69) is 29.2 Å². The van der Waals surface area contributed by atoms with Crippen LogP contribution in [0.4, 0.5) is 0 Å². The van der Waals surface area contributed by atoms with Gasteiger partial charge in [-0.05, 0) is 11.1 Å². The summed E-state index contributed by atoms with van der Waals surface area (Å²) < 4.78 is 0. The number of carbonyl (C=O) groups excluding carboxylic acids is 1. The molecule has 0 aromatic heterocycles. The second kappa shape index (κ2) is 9.59. The molecule has 19 heavy (non-hydrogen) atoms. The molecule has 2 nitrogen and oxygen atoms in total. The maximum absolute atomic E-state index is 10.8. The Balaban J connectivity index is 0.00000180. The largest absolute Gasteiger partial charge is 1.00 e. The molecular formula is C16H18KNO. The van der Waals surface area contributed by atoms with Gasteiger partial charge in [0.1, 0.15) is 6.29 Å². The fourth-order valence-electron chi connectivity index (χ4n) is 1.97. The Morgan fingerprint density at radius 2 is 1.26 bits per heavy atom. The number of rotatable bonds is 6. The third kappa shape index (κ3) is 6.12. The van der Waals surface area contributed by atoms with Crippen molar-refractivity contribution in [3.63, 3.8) is 0 Å². The zero-order valence-electron chi connectivity index (χ0n) is 12.3. The van der Waals surface area contributed by atoms with Crippen molar-refractivity contribution in [1.82, 2.24) is 4.90 Å². The van der Waals surface area contributed by atoms with Gasteiger partial charge < -0.3 is 6.22 Å². The van der Waals surface area contributed by atoms with Crippen molar-refractivity contribution in [3.8, 4) is 0 Å². The van der Waals surface area contributed by atoms with Gasteiger partial charge in [-0.3, -0.25) is 4.90 Å². The molecule has 94 valence electrons. The molecule has 0 saturated carbocycles. The summed E-state index contributed by atoms with van der Waals surface area (Å²) in [7, 11) is 0. The molecule has 0 heterocycles. The van der Waals surface area contributed by atoms with Gasteiger partial charge >= 0.3 is 51.4 Å². The first kappa shape index (κ1) is 16.8. The van der Waals surface area contributed by atoms with Crippen molar-refractivity contribution < 1.29 is 57.6 Å². The van der Waals surface area contributed by atoms with E-state index in [0.29, 0.717) is 6.54 Å². The molecule has 0 aliphatic rings. The fourth-order valence-corrected chi connectivity index (χ4v) is 1.97. The van der Waals surface area contributed by atoms with E-state index in [4.69, 9.17) is 0 Å². The van der Waals surface area contributed by atoms with Crippen LogP contribution in [0.3, 0.4) is 0 Å². The summed E-state index contributed by atoms with van der Waals surface area (Å²) in [5.74, 6) is 0. The van der Waals surface area contributed by atoms with E-state index in [0.717, 1.165) is 19.4 Å². The van der Waals surface area contributed by atoms with E-state index >= 15 is 0 Å². The topological polar surface area (TPSA) is 20.3 Å². The zero-order chi connectivity index (χ0) is 12.6. The van der Waals surface area contributed by atoms with Gasteiger partial charge in [-0.15, -0.1) is 0 Å². The molecule has 2 aromatic rings. The van der Waals surface area contributed by atoms with E-state index in [1.54, 1.807) is 0 Å². The van der Waals surface area contributed by atoms with Crippen LogP contribution in [-0.2, 0) is 17.9 Å². The molecule has 2 rings (SSSR count). The van der Waals surface area contributed by atoms with Crippen LogP contribution in [0.1, 0.15) is 12.6 Å². The van der Waals surface area contributed by atoms with Crippen molar-refractivity contribution in [2.45, 2.75) is 13.1 Å². The molecule has 0 aliphatic carbocycles. The smallest absolute Gasteiger partial charge is 1.00 e. The Labute approximate surface area is 158 Å². The van der Waals surface area contributed by atoms with E-state index in [1.165, 1.54) is 11.1 Å². The minimum Gasteiger partial charge on any atom is -1.00 e. The summed E-state index contributed by atoms with van der Waals surface area (Å²) in [5, 5.41) is 0.